The fourth-order valence-corrected chi connectivity index (χ4v) is 5.04. The Balaban J connectivity index is 1.34. The summed E-state index contributed by atoms with van der Waals surface area (Å²) in [7, 11) is 0. The summed E-state index contributed by atoms with van der Waals surface area (Å²) in [6.07, 6.45) is 5.97. The van der Waals surface area contributed by atoms with Crippen molar-refractivity contribution in [3.05, 3.63) is 70.5 Å². The first-order chi connectivity index (χ1) is 15.6. The van der Waals surface area contributed by atoms with Crippen molar-refractivity contribution in [2.45, 2.75) is 18.6 Å². The van der Waals surface area contributed by atoms with Crippen LogP contribution in [0.3, 0.4) is 0 Å². The zero-order chi connectivity index (χ0) is 21.7. The van der Waals surface area contributed by atoms with Crippen molar-refractivity contribution in [3.63, 3.8) is 0 Å². The first-order valence-corrected chi connectivity index (χ1v) is 11.2. The summed E-state index contributed by atoms with van der Waals surface area (Å²) in [5.74, 6) is 1.59. The molecule has 10 heteroatoms. The van der Waals surface area contributed by atoms with Crippen molar-refractivity contribution in [2.24, 2.45) is 0 Å². The highest BCUT2D eigenvalue weighted by Gasteiger charge is 2.42. The predicted molar refractivity (Wildman–Crippen MR) is 121 cm³/mol. The number of anilines is 2. The van der Waals surface area contributed by atoms with Gasteiger partial charge in [0.2, 0.25) is 5.95 Å². The van der Waals surface area contributed by atoms with Gasteiger partial charge in [-0.2, -0.15) is 0 Å². The van der Waals surface area contributed by atoms with Gasteiger partial charge in [0, 0.05) is 37.4 Å². The van der Waals surface area contributed by atoms with Crippen LogP contribution in [0.5, 0.6) is 0 Å². The molecule has 0 radical (unpaired) electrons. The van der Waals surface area contributed by atoms with Gasteiger partial charge in [-0.05, 0) is 35.9 Å². The van der Waals surface area contributed by atoms with Crippen LogP contribution >= 0.6 is 23.2 Å². The molecule has 3 aliphatic heterocycles. The largest absolute Gasteiger partial charge is 0.456 e. The quantitative estimate of drug-likeness (QED) is 0.566. The molecule has 0 atom stereocenters. The van der Waals surface area contributed by atoms with Crippen LogP contribution in [0.4, 0.5) is 11.8 Å². The average molecular weight is 471 g/mol. The van der Waals surface area contributed by atoms with Gasteiger partial charge in [0.1, 0.15) is 24.2 Å². The van der Waals surface area contributed by atoms with Crippen LogP contribution in [0.15, 0.2) is 49.1 Å². The molecule has 0 saturated carbocycles. The minimum atomic E-state index is -0.827. The van der Waals surface area contributed by atoms with Crippen molar-refractivity contribution in [1.82, 2.24) is 19.7 Å². The Hall–Kier alpha value is -2.97. The molecule has 6 rings (SSSR count). The number of hydrogen-bond acceptors (Lipinski definition) is 7. The van der Waals surface area contributed by atoms with E-state index in [9.17, 15) is 0 Å². The number of halogens is 2. The summed E-state index contributed by atoms with van der Waals surface area (Å²) in [4.78, 5) is 8.89. The highest BCUT2D eigenvalue weighted by atomic mass is 35.5. The van der Waals surface area contributed by atoms with E-state index in [2.05, 4.69) is 29.5 Å². The lowest BCUT2D eigenvalue weighted by atomic mass is 10.0. The van der Waals surface area contributed by atoms with Crippen molar-refractivity contribution in [1.29, 1.82) is 0 Å². The van der Waals surface area contributed by atoms with Gasteiger partial charge >= 0.3 is 0 Å². The molecular weight excluding hydrogens is 451 g/mol. The highest BCUT2D eigenvalue weighted by molar-refractivity contribution is 6.33. The second-order valence-corrected chi connectivity index (χ2v) is 8.92. The summed E-state index contributed by atoms with van der Waals surface area (Å²) in [6, 6.07) is 9.58. The highest BCUT2D eigenvalue weighted by Crippen LogP contribution is 2.38. The van der Waals surface area contributed by atoms with E-state index >= 15 is 0 Å². The maximum atomic E-state index is 6.35. The molecule has 1 spiro atoms. The fraction of sp³-hybridized carbons (Fsp3) is 0.318. The third-order valence-electron chi connectivity index (χ3n) is 6.10. The van der Waals surface area contributed by atoms with Crippen LogP contribution in [0.2, 0.25) is 10.0 Å². The molecule has 0 aliphatic carbocycles. The molecule has 164 valence electrons. The fourth-order valence-electron chi connectivity index (χ4n) is 4.61. The lowest BCUT2D eigenvalue weighted by molar-refractivity contribution is -0.139. The SMILES string of the molecule is Clc1ccc2c(c1)CC1(Cc3nnc(N4CCN(c5ncccc5Cl)CC4)n3-2)OC=CO1. The molecule has 2 aromatic heterocycles. The van der Waals surface area contributed by atoms with Gasteiger partial charge in [0.15, 0.2) is 0 Å². The van der Waals surface area contributed by atoms with Crippen molar-refractivity contribution < 1.29 is 9.47 Å². The van der Waals surface area contributed by atoms with E-state index in [-0.39, 0.29) is 0 Å². The van der Waals surface area contributed by atoms with E-state index < -0.39 is 5.79 Å². The molecule has 0 amide bonds. The molecule has 0 N–H and O–H groups in total. The Labute approximate surface area is 195 Å². The number of nitrogens with zero attached hydrogens (tertiary/aromatic N) is 6. The number of fused-ring (bicyclic) bond motifs is 3. The lowest BCUT2D eigenvalue weighted by Gasteiger charge is -2.36. The van der Waals surface area contributed by atoms with E-state index in [1.54, 1.807) is 18.7 Å². The molecular formula is C22H20Cl2N6O2. The van der Waals surface area contributed by atoms with Gasteiger partial charge in [-0.1, -0.05) is 23.2 Å². The van der Waals surface area contributed by atoms with Crippen molar-refractivity contribution in [3.8, 4) is 5.69 Å². The minimum absolute atomic E-state index is 0.475. The van der Waals surface area contributed by atoms with Crippen molar-refractivity contribution in [2.75, 3.05) is 36.0 Å². The number of hydrogen-bond donors (Lipinski definition) is 0. The number of ether oxygens (including phenoxy) is 2. The first-order valence-electron chi connectivity index (χ1n) is 10.5. The molecule has 1 fully saturated rings. The molecule has 8 nitrogen and oxygen atoms in total. The van der Waals surface area contributed by atoms with E-state index in [1.165, 1.54) is 0 Å². The van der Waals surface area contributed by atoms with Crippen LogP contribution in [0, 0.1) is 0 Å². The summed E-state index contributed by atoms with van der Waals surface area (Å²) >= 11 is 12.7. The summed E-state index contributed by atoms with van der Waals surface area (Å²) in [6.45, 7) is 3.11. The van der Waals surface area contributed by atoms with Crippen LogP contribution in [-0.2, 0) is 22.3 Å². The Morgan fingerprint density at radius 3 is 2.47 bits per heavy atom. The first kappa shape index (κ1) is 19.7. The smallest absolute Gasteiger partial charge is 0.260 e. The van der Waals surface area contributed by atoms with E-state index in [4.69, 9.17) is 32.7 Å². The Morgan fingerprint density at radius 1 is 0.906 bits per heavy atom. The normalized spacial score (nSPS) is 18.7. The number of benzene rings is 1. The van der Waals surface area contributed by atoms with Gasteiger partial charge in [0.25, 0.3) is 5.79 Å². The Bertz CT molecular complexity index is 1200. The van der Waals surface area contributed by atoms with Crippen LogP contribution in [-0.4, -0.2) is 51.7 Å². The zero-order valence-electron chi connectivity index (χ0n) is 17.1. The van der Waals surface area contributed by atoms with Crippen LogP contribution in [0.1, 0.15) is 11.4 Å². The standard InChI is InChI=1S/C22H20Cl2N6O2/c23-16-3-4-18-15(12-16)13-22(31-10-11-32-22)14-19-26-27-21(30(18)19)29-8-6-28(7-9-29)20-17(24)2-1-5-25-20/h1-5,10-12H,6-9,13-14H2. The number of pyridine rings is 1. The van der Waals surface area contributed by atoms with Crippen molar-refractivity contribution >= 4 is 35.0 Å². The second-order valence-electron chi connectivity index (χ2n) is 8.08. The van der Waals surface area contributed by atoms with Crippen LogP contribution in [0.25, 0.3) is 5.69 Å². The average Bonchev–Trinajstić information content (AvgIpc) is 3.39. The van der Waals surface area contributed by atoms with E-state index in [1.807, 2.05) is 30.3 Å². The van der Waals surface area contributed by atoms with Crippen LogP contribution < -0.4 is 9.80 Å². The molecule has 3 aliphatic rings. The maximum absolute atomic E-state index is 6.35. The molecule has 1 aromatic carbocycles. The third-order valence-corrected chi connectivity index (χ3v) is 6.64. The maximum Gasteiger partial charge on any atom is 0.260 e. The summed E-state index contributed by atoms with van der Waals surface area (Å²) in [5, 5.41) is 10.4. The third kappa shape index (κ3) is 3.25. The molecule has 5 heterocycles. The molecule has 1 saturated heterocycles. The summed E-state index contributed by atoms with van der Waals surface area (Å²) < 4.78 is 13.9. The van der Waals surface area contributed by atoms with Gasteiger partial charge in [-0.3, -0.25) is 4.57 Å². The van der Waals surface area contributed by atoms with Gasteiger partial charge < -0.3 is 19.3 Å². The van der Waals surface area contributed by atoms with E-state index in [0.29, 0.717) is 22.9 Å². The topological polar surface area (TPSA) is 68.5 Å². The molecule has 3 aromatic rings. The molecule has 32 heavy (non-hydrogen) atoms. The summed E-state index contributed by atoms with van der Waals surface area (Å²) in [5.41, 5.74) is 2.02. The second kappa shape index (κ2) is 7.56. The lowest BCUT2D eigenvalue weighted by Crippen LogP contribution is -2.47. The van der Waals surface area contributed by atoms with Gasteiger partial charge in [0.05, 0.1) is 23.6 Å². The Morgan fingerprint density at radius 2 is 1.69 bits per heavy atom. The van der Waals surface area contributed by atoms with Gasteiger partial charge in [-0.25, -0.2) is 4.98 Å². The zero-order valence-corrected chi connectivity index (χ0v) is 18.6. The molecule has 0 unspecified atom stereocenters. The minimum Gasteiger partial charge on any atom is -0.456 e. The number of piperazine rings is 1. The monoisotopic (exact) mass is 470 g/mol. The van der Waals surface area contributed by atoms with E-state index in [0.717, 1.165) is 55.0 Å². The predicted octanol–water partition coefficient (Wildman–Crippen LogP) is 3.61. The number of aromatic nitrogens is 4. The Kier molecular flexibility index (Phi) is 4.66. The molecule has 0 bridgehead atoms. The number of rotatable bonds is 2. The van der Waals surface area contributed by atoms with Gasteiger partial charge in [-0.15, -0.1) is 10.2 Å².